The molecule has 1 saturated heterocycles. The second-order valence-corrected chi connectivity index (χ2v) is 9.96. The van der Waals surface area contributed by atoms with E-state index in [9.17, 15) is 13.6 Å². The third-order valence-corrected chi connectivity index (χ3v) is 7.22. The first-order valence-corrected chi connectivity index (χ1v) is 13.4. The summed E-state index contributed by atoms with van der Waals surface area (Å²) in [6.45, 7) is -0.540. The lowest BCUT2D eigenvalue weighted by molar-refractivity contribution is -0.0495. The number of ether oxygens (including phenoxy) is 3. The molecule has 0 spiro atoms. The number of alkyl halides is 2. The Morgan fingerprint density at radius 2 is 2.00 bits per heavy atom. The molecule has 1 fully saturated rings. The van der Waals surface area contributed by atoms with E-state index in [-0.39, 0.29) is 28.6 Å². The highest BCUT2D eigenvalue weighted by molar-refractivity contribution is 6.09. The van der Waals surface area contributed by atoms with E-state index in [1.807, 2.05) is 18.2 Å². The fourth-order valence-corrected chi connectivity index (χ4v) is 5.03. The zero-order chi connectivity index (χ0) is 28.6. The van der Waals surface area contributed by atoms with Crippen LogP contribution in [0.5, 0.6) is 17.2 Å². The van der Waals surface area contributed by atoms with Crippen molar-refractivity contribution in [2.45, 2.75) is 25.6 Å². The summed E-state index contributed by atoms with van der Waals surface area (Å²) in [5, 5.41) is 15.1. The van der Waals surface area contributed by atoms with Gasteiger partial charge in [-0.05, 0) is 60.5 Å². The number of nitrogens with one attached hydrogen (secondary N) is 2. The third kappa shape index (κ3) is 5.03. The van der Waals surface area contributed by atoms with Crippen LogP contribution in [0.2, 0.25) is 0 Å². The molecule has 5 heterocycles. The molecule has 3 aromatic heterocycles. The summed E-state index contributed by atoms with van der Waals surface area (Å²) in [5.74, 6) is 0.397. The monoisotopic (exact) mass is 573 g/mol. The molecular weight excluding hydrogens is 548 g/mol. The highest BCUT2D eigenvalue weighted by Crippen LogP contribution is 2.40. The number of nitrogens with zero attached hydrogens (tertiary/aromatic N) is 5. The van der Waals surface area contributed by atoms with Gasteiger partial charge in [0.25, 0.3) is 5.91 Å². The van der Waals surface area contributed by atoms with Crippen LogP contribution < -0.4 is 20.1 Å². The Labute approximate surface area is 238 Å². The molecule has 11 nitrogen and oxygen atoms in total. The molecule has 1 amide bonds. The van der Waals surface area contributed by atoms with Crippen molar-refractivity contribution in [2.75, 3.05) is 25.1 Å². The fraction of sp³-hybridized carbons (Fsp3) is 0.241. The van der Waals surface area contributed by atoms with Gasteiger partial charge >= 0.3 is 6.61 Å². The average molecular weight is 574 g/mol. The molecule has 5 aromatic rings. The van der Waals surface area contributed by atoms with Gasteiger partial charge in [-0.2, -0.15) is 19.0 Å². The summed E-state index contributed by atoms with van der Waals surface area (Å²) in [7, 11) is 0. The Hall–Kier alpha value is -4.88. The highest BCUT2D eigenvalue weighted by atomic mass is 19.3. The number of carbonyl (C=O) groups is 1. The highest BCUT2D eigenvalue weighted by Gasteiger charge is 2.27. The van der Waals surface area contributed by atoms with Crippen molar-refractivity contribution in [1.82, 2.24) is 29.7 Å². The second-order valence-electron chi connectivity index (χ2n) is 9.96. The number of hydrogen-bond acceptors (Lipinski definition) is 8. The SMILES string of the molecule is O=C(Nc1cn(C2COC2)nc1-c1cc(Oc2ccc3c(c2)CNCC3)ccc1OC(F)F)c1cnn2cccnc12. The predicted octanol–water partition coefficient (Wildman–Crippen LogP) is 4.46. The number of halogens is 2. The maximum atomic E-state index is 13.5. The topological polar surface area (TPSA) is 117 Å². The van der Waals surface area contributed by atoms with Gasteiger partial charge in [-0.1, -0.05) is 6.07 Å². The lowest BCUT2D eigenvalue weighted by atomic mass is 10.0. The second kappa shape index (κ2) is 10.8. The molecule has 0 bridgehead atoms. The van der Waals surface area contributed by atoms with Gasteiger partial charge in [0.1, 0.15) is 28.5 Å². The zero-order valence-electron chi connectivity index (χ0n) is 22.2. The molecule has 42 heavy (non-hydrogen) atoms. The van der Waals surface area contributed by atoms with E-state index < -0.39 is 12.5 Å². The smallest absolute Gasteiger partial charge is 0.387 e. The van der Waals surface area contributed by atoms with E-state index in [1.54, 1.807) is 41.5 Å². The van der Waals surface area contributed by atoms with Crippen molar-refractivity contribution < 1.29 is 27.8 Å². The number of anilines is 1. The van der Waals surface area contributed by atoms with E-state index in [0.29, 0.717) is 36.0 Å². The van der Waals surface area contributed by atoms with E-state index in [4.69, 9.17) is 14.2 Å². The van der Waals surface area contributed by atoms with Crippen LogP contribution in [0.15, 0.2) is 67.3 Å². The molecule has 214 valence electrons. The summed E-state index contributed by atoms with van der Waals surface area (Å²) in [6.07, 6.45) is 7.24. The van der Waals surface area contributed by atoms with Crippen molar-refractivity contribution in [1.29, 1.82) is 0 Å². The van der Waals surface area contributed by atoms with Crippen LogP contribution in [0.1, 0.15) is 27.5 Å². The first-order valence-electron chi connectivity index (χ1n) is 13.4. The van der Waals surface area contributed by atoms with Crippen LogP contribution >= 0.6 is 0 Å². The van der Waals surface area contributed by atoms with Crippen molar-refractivity contribution in [3.05, 3.63) is 83.9 Å². The van der Waals surface area contributed by atoms with E-state index >= 15 is 0 Å². The number of fused-ring (bicyclic) bond motifs is 2. The Morgan fingerprint density at radius 3 is 2.83 bits per heavy atom. The van der Waals surface area contributed by atoms with Crippen molar-refractivity contribution in [3.63, 3.8) is 0 Å². The summed E-state index contributed by atoms with van der Waals surface area (Å²) in [5.41, 5.74) is 3.76. The molecule has 2 N–H and O–H groups in total. The Morgan fingerprint density at radius 1 is 1.14 bits per heavy atom. The lowest BCUT2D eigenvalue weighted by Gasteiger charge is -2.25. The largest absolute Gasteiger partial charge is 0.457 e. The summed E-state index contributed by atoms with van der Waals surface area (Å²) in [6, 6.07) is 12.0. The van der Waals surface area contributed by atoms with Crippen molar-refractivity contribution in [3.8, 4) is 28.5 Å². The molecule has 13 heteroatoms. The summed E-state index contributed by atoms with van der Waals surface area (Å²) >= 11 is 0. The molecule has 0 radical (unpaired) electrons. The van der Waals surface area contributed by atoms with Gasteiger partial charge in [-0.15, -0.1) is 0 Å². The quantitative estimate of drug-likeness (QED) is 0.280. The average Bonchev–Trinajstić information content (AvgIpc) is 3.57. The normalized spacial score (nSPS) is 14.9. The van der Waals surface area contributed by atoms with Gasteiger partial charge in [0, 0.05) is 25.1 Å². The first-order chi connectivity index (χ1) is 20.5. The lowest BCUT2D eigenvalue weighted by Crippen LogP contribution is -2.30. The standard InChI is InChI=1S/C29H25F2N7O4/c30-29(31)42-25-5-4-21(41-20-3-2-17-6-8-32-12-18(17)10-20)11-22(25)26-24(14-38(36-26)19-15-40-16-19)35-28(39)23-13-34-37-9-1-7-33-27(23)37/h1-5,7,9-11,13-14,19,29,32H,6,8,12,15-16H2,(H,35,39). The van der Waals surface area contributed by atoms with Gasteiger partial charge in [0.2, 0.25) is 0 Å². The molecule has 2 aliphatic rings. The van der Waals surface area contributed by atoms with Crippen LogP contribution in [0.25, 0.3) is 16.9 Å². The van der Waals surface area contributed by atoms with Crippen LogP contribution in [0, 0.1) is 0 Å². The molecule has 7 rings (SSSR count). The van der Waals surface area contributed by atoms with Crippen LogP contribution in [-0.4, -0.2) is 56.7 Å². The number of benzene rings is 2. The molecule has 2 aromatic carbocycles. The number of carbonyl (C=O) groups excluding carboxylic acids is 1. The summed E-state index contributed by atoms with van der Waals surface area (Å²) in [4.78, 5) is 17.6. The van der Waals surface area contributed by atoms with Gasteiger partial charge in [0.05, 0.1) is 36.7 Å². The molecule has 0 aliphatic carbocycles. The first kappa shape index (κ1) is 26.0. The molecule has 0 saturated carbocycles. The molecule has 0 atom stereocenters. The van der Waals surface area contributed by atoms with Gasteiger partial charge in [-0.3, -0.25) is 9.48 Å². The number of rotatable bonds is 8. The predicted molar refractivity (Wildman–Crippen MR) is 147 cm³/mol. The Kier molecular flexibility index (Phi) is 6.72. The van der Waals surface area contributed by atoms with Crippen molar-refractivity contribution >= 4 is 17.2 Å². The minimum atomic E-state index is -3.08. The number of aromatic nitrogens is 5. The van der Waals surface area contributed by atoms with Crippen LogP contribution in [-0.2, 0) is 17.7 Å². The van der Waals surface area contributed by atoms with Gasteiger partial charge in [0.15, 0.2) is 5.65 Å². The minimum Gasteiger partial charge on any atom is -0.457 e. The summed E-state index contributed by atoms with van der Waals surface area (Å²) < 4.78 is 46.4. The number of amides is 1. The molecule has 0 unspecified atom stereocenters. The minimum absolute atomic E-state index is 0.0731. The van der Waals surface area contributed by atoms with Gasteiger partial charge in [-0.25, -0.2) is 9.50 Å². The van der Waals surface area contributed by atoms with Gasteiger partial charge < -0.3 is 24.8 Å². The Balaban J connectivity index is 1.26. The van der Waals surface area contributed by atoms with E-state index in [0.717, 1.165) is 25.1 Å². The Bertz CT molecular complexity index is 1780. The van der Waals surface area contributed by atoms with Crippen molar-refractivity contribution in [2.24, 2.45) is 0 Å². The number of hydrogen-bond donors (Lipinski definition) is 2. The van der Waals surface area contributed by atoms with E-state index in [1.165, 1.54) is 22.3 Å². The zero-order valence-corrected chi connectivity index (χ0v) is 22.2. The van der Waals surface area contributed by atoms with E-state index in [2.05, 4.69) is 25.8 Å². The third-order valence-electron chi connectivity index (χ3n) is 7.22. The maximum Gasteiger partial charge on any atom is 0.387 e. The van der Waals surface area contributed by atoms with Crippen LogP contribution in [0.4, 0.5) is 14.5 Å². The van der Waals surface area contributed by atoms with Crippen LogP contribution in [0.3, 0.4) is 0 Å². The molecular formula is C29H25F2N7O4. The molecule has 2 aliphatic heterocycles. The fourth-order valence-electron chi connectivity index (χ4n) is 5.03. The maximum absolute atomic E-state index is 13.5.